The summed E-state index contributed by atoms with van der Waals surface area (Å²) in [5, 5.41) is 3.71. The number of nitrogens with zero attached hydrogens (tertiary/aromatic N) is 1. The molecule has 3 nitrogen and oxygen atoms in total. The van der Waals surface area contributed by atoms with E-state index in [9.17, 15) is 0 Å². The predicted molar refractivity (Wildman–Crippen MR) is 80.4 cm³/mol. The summed E-state index contributed by atoms with van der Waals surface area (Å²) in [6.45, 7) is 13.6. The van der Waals surface area contributed by atoms with Crippen molar-refractivity contribution >= 4 is 0 Å². The highest BCUT2D eigenvalue weighted by atomic mass is 16.5. The second kappa shape index (κ2) is 7.05. The third-order valence-electron chi connectivity index (χ3n) is 4.70. The number of hydrogen-bond donors (Lipinski definition) is 1. The summed E-state index contributed by atoms with van der Waals surface area (Å²) >= 11 is 0. The van der Waals surface area contributed by atoms with Gasteiger partial charge in [-0.2, -0.15) is 0 Å². The van der Waals surface area contributed by atoms with E-state index in [1.165, 1.54) is 25.8 Å². The summed E-state index contributed by atoms with van der Waals surface area (Å²) in [4.78, 5) is 2.63. The molecule has 1 aliphatic heterocycles. The standard InChI is InChI=1S/C16H32N2O/c1-5-17-16-7-6-12(2)8-15(16)11-18-9-13(3)19-14(4)10-18/h12-17H,5-11H2,1-4H3/t12?,13-,14+,15?,16?. The molecule has 1 saturated heterocycles. The highest BCUT2D eigenvalue weighted by Crippen LogP contribution is 2.30. The molecule has 5 atom stereocenters. The minimum Gasteiger partial charge on any atom is -0.373 e. The maximum Gasteiger partial charge on any atom is 0.0678 e. The van der Waals surface area contributed by atoms with Crippen LogP contribution < -0.4 is 5.32 Å². The SMILES string of the molecule is CCNC1CCC(C)CC1CN1C[C@@H](C)O[C@@H](C)C1. The van der Waals surface area contributed by atoms with Crippen LogP contribution in [0, 0.1) is 11.8 Å². The summed E-state index contributed by atoms with van der Waals surface area (Å²) in [6.07, 6.45) is 4.92. The van der Waals surface area contributed by atoms with Crippen molar-refractivity contribution in [1.29, 1.82) is 0 Å². The Morgan fingerprint density at radius 3 is 2.42 bits per heavy atom. The Bertz CT molecular complexity index is 261. The minimum absolute atomic E-state index is 0.391. The molecule has 0 aromatic heterocycles. The van der Waals surface area contributed by atoms with Crippen LogP contribution in [0.25, 0.3) is 0 Å². The van der Waals surface area contributed by atoms with E-state index in [1.807, 2.05) is 0 Å². The molecule has 19 heavy (non-hydrogen) atoms. The van der Waals surface area contributed by atoms with Gasteiger partial charge in [0.25, 0.3) is 0 Å². The van der Waals surface area contributed by atoms with Crippen molar-refractivity contribution in [3.63, 3.8) is 0 Å². The van der Waals surface area contributed by atoms with Gasteiger partial charge in [0.05, 0.1) is 12.2 Å². The normalized spacial score (nSPS) is 41.4. The highest BCUT2D eigenvalue weighted by molar-refractivity contribution is 4.86. The number of ether oxygens (including phenoxy) is 1. The highest BCUT2D eigenvalue weighted by Gasteiger charge is 2.31. The summed E-state index contributed by atoms with van der Waals surface area (Å²) in [7, 11) is 0. The summed E-state index contributed by atoms with van der Waals surface area (Å²) < 4.78 is 5.84. The molecule has 0 bridgehead atoms. The first-order valence-electron chi connectivity index (χ1n) is 8.19. The van der Waals surface area contributed by atoms with Gasteiger partial charge >= 0.3 is 0 Å². The average Bonchev–Trinajstić information content (AvgIpc) is 2.31. The molecule has 0 radical (unpaired) electrons. The monoisotopic (exact) mass is 268 g/mol. The summed E-state index contributed by atoms with van der Waals surface area (Å²) in [5.41, 5.74) is 0. The Balaban J connectivity index is 1.90. The average molecular weight is 268 g/mol. The molecular formula is C16H32N2O. The van der Waals surface area contributed by atoms with Gasteiger partial charge in [0, 0.05) is 25.7 Å². The first kappa shape index (κ1) is 15.3. The Morgan fingerprint density at radius 1 is 1.11 bits per heavy atom. The molecular weight excluding hydrogens is 236 g/mol. The van der Waals surface area contributed by atoms with Gasteiger partial charge in [0.15, 0.2) is 0 Å². The maximum absolute atomic E-state index is 5.84. The molecule has 2 fully saturated rings. The Hall–Kier alpha value is -0.120. The minimum atomic E-state index is 0.391. The van der Waals surface area contributed by atoms with Crippen LogP contribution in [0.15, 0.2) is 0 Å². The molecule has 3 unspecified atom stereocenters. The zero-order valence-electron chi connectivity index (χ0n) is 13.2. The third-order valence-corrected chi connectivity index (χ3v) is 4.70. The quantitative estimate of drug-likeness (QED) is 0.848. The second-order valence-electron chi connectivity index (χ2n) is 6.82. The molecule has 3 heteroatoms. The van der Waals surface area contributed by atoms with E-state index in [4.69, 9.17) is 4.74 Å². The largest absolute Gasteiger partial charge is 0.373 e. The van der Waals surface area contributed by atoms with Gasteiger partial charge in [-0.05, 0) is 51.5 Å². The molecule has 0 aromatic rings. The third kappa shape index (κ3) is 4.44. The predicted octanol–water partition coefficient (Wildman–Crippen LogP) is 2.51. The Kier molecular flexibility index (Phi) is 5.67. The fourth-order valence-electron chi connectivity index (χ4n) is 4.00. The molecule has 0 amide bonds. The van der Waals surface area contributed by atoms with Gasteiger partial charge in [0.2, 0.25) is 0 Å². The van der Waals surface area contributed by atoms with Crippen molar-refractivity contribution < 1.29 is 4.74 Å². The van der Waals surface area contributed by atoms with Crippen LogP contribution >= 0.6 is 0 Å². The Labute approximate surface area is 119 Å². The fraction of sp³-hybridized carbons (Fsp3) is 1.00. The van der Waals surface area contributed by atoms with Crippen LogP contribution in [0.1, 0.15) is 47.0 Å². The number of morpholine rings is 1. The van der Waals surface area contributed by atoms with E-state index in [1.54, 1.807) is 0 Å². The van der Waals surface area contributed by atoms with Gasteiger partial charge in [0.1, 0.15) is 0 Å². The lowest BCUT2D eigenvalue weighted by molar-refractivity contribution is -0.0742. The van der Waals surface area contributed by atoms with E-state index in [-0.39, 0.29) is 0 Å². The van der Waals surface area contributed by atoms with Crippen molar-refractivity contribution in [1.82, 2.24) is 10.2 Å². The van der Waals surface area contributed by atoms with Gasteiger partial charge in [-0.1, -0.05) is 13.8 Å². The van der Waals surface area contributed by atoms with Crippen molar-refractivity contribution in [2.24, 2.45) is 11.8 Å². The lowest BCUT2D eigenvalue weighted by atomic mass is 9.78. The van der Waals surface area contributed by atoms with Gasteiger partial charge in [-0.15, -0.1) is 0 Å². The van der Waals surface area contributed by atoms with Crippen LogP contribution in [0.2, 0.25) is 0 Å². The van der Waals surface area contributed by atoms with E-state index in [2.05, 4.69) is 37.9 Å². The number of rotatable bonds is 4. The van der Waals surface area contributed by atoms with Crippen molar-refractivity contribution in [3.05, 3.63) is 0 Å². The molecule has 1 heterocycles. The van der Waals surface area contributed by atoms with Gasteiger partial charge < -0.3 is 10.1 Å². The smallest absolute Gasteiger partial charge is 0.0678 e. The Morgan fingerprint density at radius 2 is 1.79 bits per heavy atom. The van der Waals surface area contributed by atoms with Crippen LogP contribution in [0.3, 0.4) is 0 Å². The molecule has 0 spiro atoms. The van der Waals surface area contributed by atoms with Crippen LogP contribution in [0.5, 0.6) is 0 Å². The van der Waals surface area contributed by atoms with E-state index in [0.29, 0.717) is 12.2 Å². The van der Waals surface area contributed by atoms with Crippen LogP contribution in [-0.2, 0) is 4.74 Å². The van der Waals surface area contributed by atoms with E-state index >= 15 is 0 Å². The molecule has 1 aliphatic carbocycles. The number of nitrogens with one attached hydrogen (secondary N) is 1. The lowest BCUT2D eigenvalue weighted by Crippen LogP contribution is -2.51. The fourth-order valence-corrected chi connectivity index (χ4v) is 4.00. The first-order valence-corrected chi connectivity index (χ1v) is 8.19. The van der Waals surface area contributed by atoms with Crippen molar-refractivity contribution in [2.45, 2.75) is 65.2 Å². The molecule has 1 saturated carbocycles. The topological polar surface area (TPSA) is 24.5 Å². The second-order valence-corrected chi connectivity index (χ2v) is 6.82. The van der Waals surface area contributed by atoms with Gasteiger partial charge in [-0.25, -0.2) is 0 Å². The van der Waals surface area contributed by atoms with Crippen molar-refractivity contribution in [3.8, 4) is 0 Å². The molecule has 2 rings (SSSR count). The van der Waals surface area contributed by atoms with Gasteiger partial charge in [-0.3, -0.25) is 4.90 Å². The van der Waals surface area contributed by atoms with Crippen LogP contribution in [0.4, 0.5) is 0 Å². The summed E-state index contributed by atoms with van der Waals surface area (Å²) in [6, 6.07) is 0.731. The number of hydrogen-bond acceptors (Lipinski definition) is 3. The zero-order chi connectivity index (χ0) is 13.8. The van der Waals surface area contributed by atoms with E-state index < -0.39 is 0 Å². The molecule has 0 aromatic carbocycles. The van der Waals surface area contributed by atoms with Crippen molar-refractivity contribution in [2.75, 3.05) is 26.2 Å². The van der Waals surface area contributed by atoms with E-state index in [0.717, 1.165) is 37.5 Å². The molecule has 112 valence electrons. The van der Waals surface area contributed by atoms with Crippen LogP contribution in [-0.4, -0.2) is 49.3 Å². The molecule has 2 aliphatic rings. The maximum atomic E-state index is 5.84. The molecule has 1 N–H and O–H groups in total. The zero-order valence-corrected chi connectivity index (χ0v) is 13.2. The first-order chi connectivity index (χ1) is 9.08. The lowest BCUT2D eigenvalue weighted by Gasteiger charge is -2.42. The summed E-state index contributed by atoms with van der Waals surface area (Å²) in [5.74, 6) is 1.72.